The number of aryl methyl sites for hydroxylation is 1. The van der Waals surface area contributed by atoms with Gasteiger partial charge in [0.1, 0.15) is 12.0 Å². The second-order valence-corrected chi connectivity index (χ2v) is 6.50. The molecule has 3 aromatic rings. The number of carbonyl (C=O) groups excluding carboxylic acids is 1. The van der Waals surface area contributed by atoms with Crippen molar-refractivity contribution in [2.45, 2.75) is 6.92 Å². The van der Waals surface area contributed by atoms with E-state index in [0.29, 0.717) is 21.4 Å². The van der Waals surface area contributed by atoms with Gasteiger partial charge in [0.25, 0.3) is 5.91 Å². The molecule has 7 nitrogen and oxygen atoms in total. The van der Waals surface area contributed by atoms with Crippen molar-refractivity contribution in [3.8, 4) is 0 Å². The van der Waals surface area contributed by atoms with Crippen LogP contribution in [0.4, 0.5) is 23.0 Å². The fraction of sp³-hybridized carbons (Fsp3) is 0.0556. The number of hydrogen-bond donors (Lipinski definition) is 4. The van der Waals surface area contributed by atoms with Crippen molar-refractivity contribution in [3.05, 3.63) is 70.0 Å². The number of nitrogen functional groups attached to an aromatic ring is 1. The van der Waals surface area contributed by atoms with Crippen LogP contribution in [0.15, 0.2) is 48.8 Å². The Labute approximate surface area is 165 Å². The summed E-state index contributed by atoms with van der Waals surface area (Å²) in [6.45, 7) is 1.91. The maximum Gasteiger partial charge on any atom is 0.269 e. The predicted molar refractivity (Wildman–Crippen MR) is 108 cm³/mol. The van der Waals surface area contributed by atoms with Crippen LogP contribution in [0.3, 0.4) is 0 Å². The lowest BCUT2D eigenvalue weighted by Crippen LogP contribution is -2.30. The Morgan fingerprint density at radius 2 is 1.74 bits per heavy atom. The molecule has 0 aliphatic carbocycles. The minimum Gasteiger partial charge on any atom is -0.393 e. The second kappa shape index (κ2) is 8.11. The first kappa shape index (κ1) is 18.8. The number of nitrogens with two attached hydrogens (primary N) is 1. The van der Waals surface area contributed by atoms with Gasteiger partial charge in [-0.25, -0.2) is 9.97 Å². The molecule has 1 heterocycles. The molecule has 1 amide bonds. The molecular weight excluding hydrogens is 387 g/mol. The predicted octanol–water partition coefficient (Wildman–Crippen LogP) is 4.17. The van der Waals surface area contributed by atoms with Crippen molar-refractivity contribution in [1.82, 2.24) is 15.4 Å². The number of carbonyl (C=O) groups is 1. The van der Waals surface area contributed by atoms with E-state index >= 15 is 0 Å². The number of aromatic nitrogens is 2. The molecule has 27 heavy (non-hydrogen) atoms. The average molecular weight is 403 g/mol. The fourth-order valence-electron chi connectivity index (χ4n) is 2.19. The van der Waals surface area contributed by atoms with Gasteiger partial charge in [-0.3, -0.25) is 15.6 Å². The summed E-state index contributed by atoms with van der Waals surface area (Å²) in [5.74, 6) is 0.283. The standard InChI is InChI=1S/C18H16Cl2N6O/c1-10-2-7-13(8-14(10)20)24-16-15(21)17(23-9-22-16)25-26-18(27)11-3-5-12(19)6-4-11/h2-9H,21H2,1H3,(H,26,27)(H2,22,23,24,25). The highest BCUT2D eigenvalue weighted by atomic mass is 35.5. The molecule has 0 atom stereocenters. The van der Waals surface area contributed by atoms with Crippen molar-refractivity contribution >= 4 is 52.1 Å². The molecule has 0 unspecified atom stereocenters. The van der Waals surface area contributed by atoms with Crippen molar-refractivity contribution in [2.24, 2.45) is 0 Å². The maximum absolute atomic E-state index is 12.2. The highest BCUT2D eigenvalue weighted by Gasteiger charge is 2.11. The number of benzene rings is 2. The van der Waals surface area contributed by atoms with Crippen LogP contribution >= 0.6 is 23.2 Å². The van der Waals surface area contributed by atoms with Gasteiger partial charge in [0.05, 0.1) is 0 Å². The number of amides is 1. The monoisotopic (exact) mass is 402 g/mol. The van der Waals surface area contributed by atoms with Crippen LogP contribution in [-0.2, 0) is 0 Å². The highest BCUT2D eigenvalue weighted by molar-refractivity contribution is 6.31. The minimum absolute atomic E-state index is 0.241. The van der Waals surface area contributed by atoms with E-state index < -0.39 is 0 Å². The highest BCUT2D eigenvalue weighted by Crippen LogP contribution is 2.27. The lowest BCUT2D eigenvalue weighted by Gasteiger charge is -2.13. The smallest absolute Gasteiger partial charge is 0.269 e. The number of rotatable bonds is 5. The van der Waals surface area contributed by atoms with E-state index in [0.717, 1.165) is 11.3 Å². The summed E-state index contributed by atoms with van der Waals surface area (Å²) in [6.07, 6.45) is 1.32. The van der Waals surface area contributed by atoms with E-state index in [2.05, 4.69) is 26.1 Å². The molecular formula is C18H16Cl2N6O. The third kappa shape index (κ3) is 4.58. The molecule has 138 valence electrons. The Balaban J connectivity index is 1.71. The fourth-order valence-corrected chi connectivity index (χ4v) is 2.50. The Morgan fingerprint density at radius 3 is 2.44 bits per heavy atom. The van der Waals surface area contributed by atoms with E-state index in [9.17, 15) is 4.79 Å². The molecule has 0 fully saturated rings. The lowest BCUT2D eigenvalue weighted by atomic mass is 10.2. The topological polar surface area (TPSA) is 105 Å². The summed E-state index contributed by atoms with van der Waals surface area (Å²) in [4.78, 5) is 20.3. The molecule has 5 N–H and O–H groups in total. The molecule has 3 rings (SSSR count). The summed E-state index contributed by atoms with van der Waals surface area (Å²) >= 11 is 11.9. The molecule has 0 bridgehead atoms. The SMILES string of the molecule is Cc1ccc(Nc2ncnc(NNC(=O)c3ccc(Cl)cc3)c2N)cc1Cl. The zero-order valence-electron chi connectivity index (χ0n) is 14.3. The summed E-state index contributed by atoms with van der Waals surface area (Å²) in [5.41, 5.74) is 13.7. The van der Waals surface area contributed by atoms with E-state index in [1.54, 1.807) is 30.3 Å². The largest absolute Gasteiger partial charge is 0.393 e. The molecule has 0 saturated heterocycles. The Hall–Kier alpha value is -3.03. The van der Waals surface area contributed by atoms with Crippen molar-refractivity contribution in [1.29, 1.82) is 0 Å². The molecule has 0 spiro atoms. The summed E-state index contributed by atoms with van der Waals surface area (Å²) in [7, 11) is 0. The zero-order valence-corrected chi connectivity index (χ0v) is 15.8. The van der Waals surface area contributed by atoms with Crippen LogP contribution in [0, 0.1) is 6.92 Å². The summed E-state index contributed by atoms with van der Waals surface area (Å²) < 4.78 is 0. The average Bonchev–Trinajstić information content (AvgIpc) is 2.66. The number of anilines is 4. The van der Waals surface area contributed by atoms with Gasteiger partial charge >= 0.3 is 0 Å². The normalized spacial score (nSPS) is 10.3. The molecule has 2 aromatic carbocycles. The van der Waals surface area contributed by atoms with Gasteiger partial charge in [-0.2, -0.15) is 0 Å². The Morgan fingerprint density at radius 1 is 1.04 bits per heavy atom. The van der Waals surface area contributed by atoms with Crippen LogP contribution in [0.5, 0.6) is 0 Å². The van der Waals surface area contributed by atoms with Gasteiger partial charge in [0.15, 0.2) is 11.6 Å². The molecule has 1 aromatic heterocycles. The van der Waals surface area contributed by atoms with E-state index in [1.165, 1.54) is 6.33 Å². The van der Waals surface area contributed by atoms with Crippen molar-refractivity contribution < 1.29 is 4.79 Å². The number of nitrogens with zero attached hydrogens (tertiary/aromatic N) is 2. The van der Waals surface area contributed by atoms with Gasteiger partial charge in [0.2, 0.25) is 0 Å². The van der Waals surface area contributed by atoms with Crippen LogP contribution in [0.1, 0.15) is 15.9 Å². The number of hydrazine groups is 1. The van der Waals surface area contributed by atoms with Crippen LogP contribution in [0.25, 0.3) is 0 Å². The molecule has 0 saturated carbocycles. The Kier molecular flexibility index (Phi) is 5.63. The van der Waals surface area contributed by atoms with E-state index in [-0.39, 0.29) is 17.4 Å². The first-order valence-corrected chi connectivity index (χ1v) is 8.65. The van der Waals surface area contributed by atoms with E-state index in [1.807, 2.05) is 19.1 Å². The molecule has 0 radical (unpaired) electrons. The van der Waals surface area contributed by atoms with Crippen LogP contribution in [0.2, 0.25) is 10.0 Å². The lowest BCUT2D eigenvalue weighted by molar-refractivity contribution is 0.0962. The first-order chi connectivity index (χ1) is 12.9. The van der Waals surface area contributed by atoms with Crippen LogP contribution in [-0.4, -0.2) is 15.9 Å². The van der Waals surface area contributed by atoms with Gasteiger partial charge in [-0.1, -0.05) is 29.3 Å². The van der Waals surface area contributed by atoms with Crippen LogP contribution < -0.4 is 21.9 Å². The zero-order chi connectivity index (χ0) is 19.4. The third-order valence-corrected chi connectivity index (χ3v) is 4.38. The van der Waals surface area contributed by atoms with E-state index in [4.69, 9.17) is 28.9 Å². The summed E-state index contributed by atoms with van der Waals surface area (Å²) in [6, 6.07) is 12.0. The quantitative estimate of drug-likeness (QED) is 0.477. The van der Waals surface area contributed by atoms with Crippen molar-refractivity contribution in [2.75, 3.05) is 16.5 Å². The third-order valence-electron chi connectivity index (χ3n) is 3.72. The number of nitrogens with one attached hydrogen (secondary N) is 3. The molecule has 0 aliphatic rings. The van der Waals surface area contributed by atoms with Gasteiger partial charge < -0.3 is 11.1 Å². The van der Waals surface area contributed by atoms with Crippen molar-refractivity contribution in [3.63, 3.8) is 0 Å². The Bertz CT molecular complexity index is 978. The molecule has 9 heteroatoms. The summed E-state index contributed by atoms with van der Waals surface area (Å²) in [5, 5.41) is 4.25. The number of halogens is 2. The minimum atomic E-state index is -0.357. The van der Waals surface area contributed by atoms with Gasteiger partial charge in [0, 0.05) is 21.3 Å². The van der Waals surface area contributed by atoms with Gasteiger partial charge in [-0.15, -0.1) is 0 Å². The molecule has 0 aliphatic heterocycles. The first-order valence-electron chi connectivity index (χ1n) is 7.89. The van der Waals surface area contributed by atoms with Gasteiger partial charge in [-0.05, 0) is 48.9 Å². The second-order valence-electron chi connectivity index (χ2n) is 5.66. The number of hydrogen-bond acceptors (Lipinski definition) is 6. The maximum atomic E-state index is 12.2.